The number of nitrogens with zero attached hydrogens (tertiary/aromatic N) is 4. The molecular formula is C21H28N6OS+2. The average Bonchev–Trinajstić information content (AvgIpc) is 3.05. The van der Waals surface area contributed by atoms with Gasteiger partial charge in [-0.05, 0) is 48.6 Å². The Bertz CT molecular complexity index is 990. The number of hydrogen-bond acceptors (Lipinski definition) is 4. The van der Waals surface area contributed by atoms with Crippen molar-refractivity contribution in [3.63, 3.8) is 0 Å². The van der Waals surface area contributed by atoms with Gasteiger partial charge in [-0.1, -0.05) is 0 Å². The van der Waals surface area contributed by atoms with Crippen molar-refractivity contribution in [2.45, 2.75) is 13.2 Å². The minimum Gasteiger partial charge on any atom is -0.497 e. The molecule has 2 N–H and O–H groups in total. The second kappa shape index (κ2) is 8.86. The average molecular weight is 413 g/mol. The lowest BCUT2D eigenvalue weighted by Gasteiger charge is -2.29. The van der Waals surface area contributed by atoms with Gasteiger partial charge in [0, 0.05) is 30.6 Å². The summed E-state index contributed by atoms with van der Waals surface area (Å²) >= 11 is 5.63. The Morgan fingerprint density at radius 1 is 1.00 bits per heavy atom. The Morgan fingerprint density at radius 2 is 1.66 bits per heavy atom. The van der Waals surface area contributed by atoms with Crippen molar-refractivity contribution in [1.82, 2.24) is 19.3 Å². The van der Waals surface area contributed by atoms with Gasteiger partial charge in [-0.2, -0.15) is 4.68 Å². The number of nitrogens with one attached hydrogen (secondary N) is 2. The molecule has 0 atom stereocenters. The monoisotopic (exact) mass is 412 g/mol. The van der Waals surface area contributed by atoms with Gasteiger partial charge >= 0.3 is 0 Å². The fraction of sp³-hybridized carbons (Fsp3) is 0.381. The quantitative estimate of drug-likeness (QED) is 0.558. The Morgan fingerprint density at radius 3 is 2.31 bits per heavy atom. The van der Waals surface area contributed by atoms with Gasteiger partial charge in [0.25, 0.3) is 0 Å². The number of rotatable bonds is 6. The predicted octanol–water partition coefficient (Wildman–Crippen LogP) is -0.0372. The lowest BCUT2D eigenvalue weighted by atomic mass is 10.2. The van der Waals surface area contributed by atoms with E-state index in [1.807, 2.05) is 40.6 Å². The smallest absolute Gasteiger partial charge is 0.202 e. The Hall–Kier alpha value is -2.55. The highest BCUT2D eigenvalue weighted by Gasteiger charge is 2.24. The van der Waals surface area contributed by atoms with Gasteiger partial charge in [0.2, 0.25) is 4.77 Å². The minimum atomic E-state index is 0.761. The number of pyridine rings is 1. The maximum atomic E-state index is 5.63. The zero-order valence-electron chi connectivity index (χ0n) is 17.0. The molecule has 0 saturated carbocycles. The van der Waals surface area contributed by atoms with Crippen molar-refractivity contribution >= 4 is 12.2 Å². The molecule has 3 heterocycles. The molecule has 0 aliphatic carbocycles. The van der Waals surface area contributed by atoms with E-state index in [1.165, 1.54) is 10.5 Å². The third-order valence-electron chi connectivity index (χ3n) is 5.63. The summed E-state index contributed by atoms with van der Waals surface area (Å²) in [6.07, 6.45) is 3.57. The van der Waals surface area contributed by atoms with E-state index in [0.29, 0.717) is 0 Å². The van der Waals surface area contributed by atoms with E-state index in [0.717, 1.165) is 61.3 Å². The largest absolute Gasteiger partial charge is 0.497 e. The van der Waals surface area contributed by atoms with Crippen LogP contribution in [0.4, 0.5) is 0 Å². The van der Waals surface area contributed by atoms with Gasteiger partial charge in [-0.25, -0.2) is 0 Å². The van der Waals surface area contributed by atoms with Crippen LogP contribution in [0.3, 0.4) is 0 Å². The number of methoxy groups -OCH3 is 1. The Kier molecular flexibility index (Phi) is 6.03. The summed E-state index contributed by atoms with van der Waals surface area (Å²) < 4.78 is 9.96. The number of quaternary nitrogens is 2. The summed E-state index contributed by atoms with van der Waals surface area (Å²) in [5, 5.41) is 4.78. The van der Waals surface area contributed by atoms with Gasteiger partial charge in [0.15, 0.2) is 12.5 Å². The van der Waals surface area contributed by atoms with Crippen molar-refractivity contribution in [2.24, 2.45) is 7.05 Å². The SMILES string of the molecule is COc1ccc(C[NH+]2CC[NH+](Cn3nc(-c4ccncc4)n(C)c3=S)CC2)cc1. The highest BCUT2D eigenvalue weighted by molar-refractivity contribution is 7.71. The summed E-state index contributed by atoms with van der Waals surface area (Å²) in [7, 11) is 3.68. The molecule has 7 nitrogen and oxygen atoms in total. The molecule has 0 spiro atoms. The second-order valence-corrected chi connectivity index (χ2v) is 7.95. The van der Waals surface area contributed by atoms with E-state index in [1.54, 1.807) is 24.4 Å². The summed E-state index contributed by atoms with van der Waals surface area (Å²) in [5.41, 5.74) is 2.40. The van der Waals surface area contributed by atoms with Crippen molar-refractivity contribution in [3.05, 3.63) is 59.1 Å². The first-order valence-electron chi connectivity index (χ1n) is 9.98. The molecule has 2 aromatic heterocycles. The molecule has 0 radical (unpaired) electrons. The van der Waals surface area contributed by atoms with Crippen LogP contribution < -0.4 is 14.5 Å². The molecule has 0 amide bonds. The van der Waals surface area contributed by atoms with E-state index < -0.39 is 0 Å². The number of benzene rings is 1. The van der Waals surface area contributed by atoms with Crippen LogP contribution in [0.25, 0.3) is 11.4 Å². The third kappa shape index (κ3) is 4.55. The molecule has 3 aromatic rings. The van der Waals surface area contributed by atoms with Crippen LogP contribution in [0.5, 0.6) is 5.75 Å². The molecule has 0 unspecified atom stereocenters. The van der Waals surface area contributed by atoms with E-state index in [2.05, 4.69) is 17.1 Å². The van der Waals surface area contributed by atoms with Crippen LogP contribution in [0.15, 0.2) is 48.8 Å². The van der Waals surface area contributed by atoms with E-state index in [4.69, 9.17) is 22.1 Å². The maximum Gasteiger partial charge on any atom is 0.202 e. The summed E-state index contributed by atoms with van der Waals surface area (Å²) in [5.74, 6) is 1.80. The molecule has 4 rings (SSSR count). The van der Waals surface area contributed by atoms with Crippen LogP contribution >= 0.6 is 12.2 Å². The van der Waals surface area contributed by atoms with E-state index >= 15 is 0 Å². The molecule has 1 aromatic carbocycles. The topological polar surface area (TPSA) is 53.8 Å². The molecular weight excluding hydrogens is 384 g/mol. The molecule has 8 heteroatoms. The Balaban J connectivity index is 1.35. The molecule has 152 valence electrons. The maximum absolute atomic E-state index is 5.63. The van der Waals surface area contributed by atoms with Crippen molar-refractivity contribution in [2.75, 3.05) is 33.3 Å². The van der Waals surface area contributed by atoms with E-state index in [9.17, 15) is 0 Å². The van der Waals surface area contributed by atoms with Crippen LogP contribution in [0, 0.1) is 4.77 Å². The van der Waals surface area contributed by atoms with Gasteiger partial charge in [-0.3, -0.25) is 4.98 Å². The zero-order valence-corrected chi connectivity index (χ0v) is 17.8. The molecule has 1 aliphatic heterocycles. The molecule has 1 saturated heterocycles. The predicted molar refractivity (Wildman–Crippen MR) is 113 cm³/mol. The summed E-state index contributed by atoms with van der Waals surface area (Å²) in [6.45, 7) is 6.42. The van der Waals surface area contributed by atoms with Gasteiger partial charge < -0.3 is 19.1 Å². The van der Waals surface area contributed by atoms with E-state index in [-0.39, 0.29) is 0 Å². The summed E-state index contributed by atoms with van der Waals surface area (Å²) in [6, 6.07) is 12.3. The van der Waals surface area contributed by atoms with Crippen molar-refractivity contribution in [3.8, 4) is 17.1 Å². The van der Waals surface area contributed by atoms with Gasteiger partial charge in [-0.15, -0.1) is 5.10 Å². The van der Waals surface area contributed by atoms with Gasteiger partial charge in [0.1, 0.15) is 38.5 Å². The number of hydrogen-bond donors (Lipinski definition) is 2. The van der Waals surface area contributed by atoms with Crippen LogP contribution in [-0.4, -0.2) is 52.6 Å². The zero-order chi connectivity index (χ0) is 20.2. The fourth-order valence-electron chi connectivity index (χ4n) is 3.88. The first-order chi connectivity index (χ1) is 14.1. The van der Waals surface area contributed by atoms with Crippen LogP contribution in [0.2, 0.25) is 0 Å². The lowest BCUT2D eigenvalue weighted by Crippen LogP contribution is -3.27. The first kappa shape index (κ1) is 19.8. The van der Waals surface area contributed by atoms with Crippen LogP contribution in [0.1, 0.15) is 5.56 Å². The number of piperazine rings is 1. The molecule has 0 bridgehead atoms. The normalized spacial score (nSPS) is 19.2. The lowest BCUT2D eigenvalue weighted by molar-refractivity contribution is -1.03. The second-order valence-electron chi connectivity index (χ2n) is 7.58. The van der Waals surface area contributed by atoms with Crippen molar-refractivity contribution in [1.29, 1.82) is 0 Å². The highest BCUT2D eigenvalue weighted by Crippen LogP contribution is 2.15. The molecule has 29 heavy (non-hydrogen) atoms. The standard InChI is InChI=1S/C21H26N6OS/c1-24-20(18-7-9-22-10-8-18)23-27(21(24)29)16-26-13-11-25(12-14-26)15-17-3-5-19(28-2)6-4-17/h3-10H,11-16H2,1-2H3/p+2. The highest BCUT2D eigenvalue weighted by atomic mass is 32.1. The third-order valence-corrected chi connectivity index (χ3v) is 6.11. The molecule has 1 aliphatic rings. The number of ether oxygens (including phenoxy) is 1. The van der Waals surface area contributed by atoms with Crippen molar-refractivity contribution < 1.29 is 14.5 Å². The Labute approximate surface area is 176 Å². The first-order valence-corrected chi connectivity index (χ1v) is 10.4. The van der Waals surface area contributed by atoms with Crippen LogP contribution in [-0.2, 0) is 20.3 Å². The number of aromatic nitrogens is 4. The minimum absolute atomic E-state index is 0.761. The summed E-state index contributed by atoms with van der Waals surface area (Å²) in [4.78, 5) is 7.24. The fourth-order valence-corrected chi connectivity index (χ4v) is 4.07. The van der Waals surface area contributed by atoms with Gasteiger partial charge in [0.05, 0.1) is 7.11 Å². The molecule has 1 fully saturated rings.